The van der Waals surface area contributed by atoms with Crippen LogP contribution in [0.4, 0.5) is 0 Å². The van der Waals surface area contributed by atoms with E-state index in [1.54, 1.807) is 0 Å². The third-order valence-electron chi connectivity index (χ3n) is 2.60. The highest BCUT2D eigenvalue weighted by Gasteiger charge is 2.20. The molecule has 98 valence electrons. The molecule has 0 fully saturated rings. The number of hydrogen-bond donors (Lipinski definition) is 5. The van der Waals surface area contributed by atoms with Crippen molar-refractivity contribution in [1.29, 1.82) is 0 Å². The molecule has 19 heavy (non-hydrogen) atoms. The summed E-state index contributed by atoms with van der Waals surface area (Å²) in [7, 11) is 0. The fourth-order valence-corrected chi connectivity index (χ4v) is 1.81. The summed E-state index contributed by atoms with van der Waals surface area (Å²) >= 11 is 4.01. The molecule has 2 aromatic carbocycles. The summed E-state index contributed by atoms with van der Waals surface area (Å²) in [4.78, 5) is 12.6. The lowest BCUT2D eigenvalue weighted by molar-refractivity contribution is 0.103. The number of ketones is 1. The number of phenolic OH excluding ortho intramolecular Hbond substituents is 4. The first-order chi connectivity index (χ1) is 8.91. The third kappa shape index (κ3) is 2.30. The highest BCUT2D eigenvalue weighted by molar-refractivity contribution is 7.80. The van der Waals surface area contributed by atoms with Crippen LogP contribution in [0.3, 0.4) is 0 Å². The summed E-state index contributed by atoms with van der Waals surface area (Å²) in [5.41, 5.74) is -0.268. The van der Waals surface area contributed by atoms with Crippen LogP contribution in [0, 0.1) is 0 Å². The van der Waals surface area contributed by atoms with E-state index in [1.165, 1.54) is 18.2 Å². The first kappa shape index (κ1) is 13.1. The highest BCUT2D eigenvalue weighted by atomic mass is 32.1. The molecule has 0 unspecified atom stereocenters. The molecule has 0 heterocycles. The van der Waals surface area contributed by atoms with Crippen LogP contribution >= 0.6 is 12.6 Å². The Kier molecular flexibility index (Phi) is 3.26. The smallest absolute Gasteiger partial charge is 0.201 e. The first-order valence-corrected chi connectivity index (χ1v) is 5.67. The van der Waals surface area contributed by atoms with Crippen LogP contribution in [0.1, 0.15) is 15.9 Å². The number of carbonyl (C=O) groups excluding carboxylic acids is 1. The maximum Gasteiger partial charge on any atom is 0.201 e. The molecular formula is C13H10O5S. The van der Waals surface area contributed by atoms with E-state index < -0.39 is 23.0 Å². The summed E-state index contributed by atoms with van der Waals surface area (Å²) in [6, 6.07) is 6.37. The molecule has 0 aliphatic carbocycles. The van der Waals surface area contributed by atoms with E-state index in [0.717, 1.165) is 12.1 Å². The monoisotopic (exact) mass is 278 g/mol. The summed E-state index contributed by atoms with van der Waals surface area (Å²) in [5.74, 6) is -3.03. The normalized spacial score (nSPS) is 10.4. The maximum absolute atomic E-state index is 12.1. The zero-order chi connectivity index (χ0) is 14.2. The fraction of sp³-hybridized carbons (Fsp3) is 0. The molecule has 4 N–H and O–H groups in total. The Balaban J connectivity index is 2.53. The van der Waals surface area contributed by atoms with E-state index in [0.29, 0.717) is 4.90 Å². The molecule has 5 nitrogen and oxygen atoms in total. The molecule has 0 bridgehead atoms. The lowest BCUT2D eigenvalue weighted by atomic mass is 10.0. The van der Waals surface area contributed by atoms with Gasteiger partial charge in [-0.1, -0.05) is 0 Å². The van der Waals surface area contributed by atoms with Gasteiger partial charge in [0, 0.05) is 4.90 Å². The van der Waals surface area contributed by atoms with Crippen molar-refractivity contribution in [3.8, 4) is 23.0 Å². The number of thiol groups is 1. The third-order valence-corrected chi connectivity index (χ3v) is 2.88. The lowest BCUT2D eigenvalue weighted by Crippen LogP contribution is -2.02. The van der Waals surface area contributed by atoms with E-state index >= 15 is 0 Å². The predicted molar refractivity (Wildman–Crippen MR) is 70.2 cm³/mol. The van der Waals surface area contributed by atoms with E-state index in [2.05, 4.69) is 12.6 Å². The number of aromatic hydroxyl groups is 4. The largest absolute Gasteiger partial charge is 0.507 e. The second-order valence-corrected chi connectivity index (χ2v) is 4.38. The van der Waals surface area contributed by atoms with Gasteiger partial charge in [-0.05, 0) is 30.3 Å². The van der Waals surface area contributed by atoms with Crippen molar-refractivity contribution < 1.29 is 25.2 Å². The minimum Gasteiger partial charge on any atom is -0.507 e. The Morgan fingerprint density at radius 3 is 2.11 bits per heavy atom. The molecule has 2 rings (SSSR count). The molecule has 0 radical (unpaired) electrons. The lowest BCUT2D eigenvalue weighted by Gasteiger charge is -2.08. The average molecular weight is 278 g/mol. The van der Waals surface area contributed by atoms with Gasteiger partial charge in [-0.2, -0.15) is 0 Å². The van der Waals surface area contributed by atoms with Crippen molar-refractivity contribution in [1.82, 2.24) is 0 Å². The number of phenols is 4. The molecule has 0 aliphatic rings. The summed E-state index contributed by atoms with van der Waals surface area (Å²) in [6.07, 6.45) is 0. The summed E-state index contributed by atoms with van der Waals surface area (Å²) in [5, 5.41) is 37.9. The molecule has 0 saturated carbocycles. The second-order valence-electron chi connectivity index (χ2n) is 3.86. The van der Waals surface area contributed by atoms with Gasteiger partial charge in [-0.25, -0.2) is 0 Å². The minimum atomic E-state index is -0.781. The van der Waals surface area contributed by atoms with Gasteiger partial charge < -0.3 is 20.4 Å². The molecule has 6 heteroatoms. The van der Waals surface area contributed by atoms with Crippen LogP contribution in [0.15, 0.2) is 35.2 Å². The molecule has 0 aromatic heterocycles. The van der Waals surface area contributed by atoms with Gasteiger partial charge in [0.1, 0.15) is 5.75 Å². The average Bonchev–Trinajstić information content (AvgIpc) is 2.35. The van der Waals surface area contributed by atoms with Crippen molar-refractivity contribution in [3.63, 3.8) is 0 Å². The molecule has 0 spiro atoms. The van der Waals surface area contributed by atoms with Crippen molar-refractivity contribution in [2.75, 3.05) is 0 Å². The van der Waals surface area contributed by atoms with Crippen LogP contribution < -0.4 is 0 Å². The topological polar surface area (TPSA) is 98.0 Å². The van der Waals surface area contributed by atoms with Crippen molar-refractivity contribution >= 4 is 18.4 Å². The van der Waals surface area contributed by atoms with Crippen molar-refractivity contribution in [3.05, 3.63) is 41.5 Å². The molecule has 2 aromatic rings. The first-order valence-electron chi connectivity index (χ1n) is 5.22. The Hall–Kier alpha value is -2.34. The van der Waals surface area contributed by atoms with Gasteiger partial charge in [-0.15, -0.1) is 12.6 Å². The molecule has 0 atom stereocenters. The number of rotatable bonds is 2. The predicted octanol–water partition coefficient (Wildman–Crippen LogP) is 2.03. The molecule has 0 aliphatic heterocycles. The van der Waals surface area contributed by atoms with Gasteiger partial charge in [0.15, 0.2) is 11.5 Å². The fourth-order valence-electron chi connectivity index (χ4n) is 1.61. The van der Waals surface area contributed by atoms with Crippen LogP contribution in [-0.4, -0.2) is 26.2 Å². The molecule has 0 saturated heterocycles. The van der Waals surface area contributed by atoms with Crippen molar-refractivity contribution in [2.45, 2.75) is 4.90 Å². The van der Waals surface area contributed by atoms with Crippen LogP contribution in [0.5, 0.6) is 23.0 Å². The standard InChI is InChI=1S/C13H10O5S/c14-9-4-3-8(12(17)13(9)18)11(16)7-2-1-6(19)5-10(7)15/h1-5,14-15,17-19H. The Morgan fingerprint density at radius 1 is 0.842 bits per heavy atom. The zero-order valence-electron chi connectivity index (χ0n) is 9.53. The molecule has 0 amide bonds. The van der Waals surface area contributed by atoms with Crippen LogP contribution in [-0.2, 0) is 0 Å². The van der Waals surface area contributed by atoms with E-state index in [-0.39, 0.29) is 16.9 Å². The highest BCUT2D eigenvalue weighted by Crippen LogP contribution is 2.38. The van der Waals surface area contributed by atoms with Gasteiger partial charge in [0.05, 0.1) is 11.1 Å². The molecular weight excluding hydrogens is 268 g/mol. The van der Waals surface area contributed by atoms with E-state index in [4.69, 9.17) is 0 Å². The number of benzene rings is 2. The van der Waals surface area contributed by atoms with Gasteiger partial charge >= 0.3 is 0 Å². The van der Waals surface area contributed by atoms with Crippen LogP contribution in [0.2, 0.25) is 0 Å². The van der Waals surface area contributed by atoms with Crippen LogP contribution in [0.25, 0.3) is 0 Å². The summed E-state index contributed by atoms with van der Waals surface area (Å²) in [6.45, 7) is 0. The Morgan fingerprint density at radius 2 is 1.47 bits per heavy atom. The van der Waals surface area contributed by atoms with E-state index in [9.17, 15) is 25.2 Å². The number of carbonyl (C=O) groups is 1. The number of hydrogen-bond acceptors (Lipinski definition) is 6. The Labute approximate surface area is 113 Å². The quantitative estimate of drug-likeness (QED) is 0.329. The van der Waals surface area contributed by atoms with Gasteiger partial charge in [-0.3, -0.25) is 4.79 Å². The van der Waals surface area contributed by atoms with Gasteiger partial charge in [0.25, 0.3) is 0 Å². The van der Waals surface area contributed by atoms with Gasteiger partial charge in [0.2, 0.25) is 11.5 Å². The summed E-state index contributed by atoms with van der Waals surface area (Å²) < 4.78 is 0. The zero-order valence-corrected chi connectivity index (χ0v) is 10.4. The van der Waals surface area contributed by atoms with E-state index in [1.807, 2.05) is 0 Å². The minimum absolute atomic E-state index is 0.0433. The second kappa shape index (κ2) is 4.74. The SMILES string of the molecule is O=C(c1ccc(S)cc1O)c1ccc(O)c(O)c1O. The maximum atomic E-state index is 12.1. The van der Waals surface area contributed by atoms with Crippen molar-refractivity contribution in [2.24, 2.45) is 0 Å². The Bertz CT molecular complexity index is 666.